The molecule has 2 aromatic carbocycles. The Morgan fingerprint density at radius 1 is 0.964 bits per heavy atom. The SMILES string of the molecule is N[C@@H](COC(=O)Nc1cc(C(F)(F)F)cc(C(F)(F)F)c1)Cc1ccccc1. The van der Waals surface area contributed by atoms with Crippen LogP contribution in [0.4, 0.5) is 36.8 Å². The largest absolute Gasteiger partial charge is 0.448 e. The number of nitrogens with one attached hydrogen (secondary N) is 1. The summed E-state index contributed by atoms with van der Waals surface area (Å²) in [6, 6.07) is 9.15. The number of carbonyl (C=O) groups is 1. The Kier molecular flexibility index (Phi) is 6.55. The van der Waals surface area contributed by atoms with Crippen LogP contribution in [0.1, 0.15) is 16.7 Å². The van der Waals surface area contributed by atoms with Gasteiger partial charge in [-0.2, -0.15) is 26.3 Å². The maximum atomic E-state index is 12.8. The summed E-state index contributed by atoms with van der Waals surface area (Å²) in [6.45, 7) is -0.272. The quantitative estimate of drug-likeness (QED) is 0.699. The third-order valence-electron chi connectivity index (χ3n) is 3.60. The second kappa shape index (κ2) is 8.51. The van der Waals surface area contributed by atoms with Gasteiger partial charge < -0.3 is 10.5 Å². The zero-order valence-electron chi connectivity index (χ0n) is 14.3. The van der Waals surface area contributed by atoms with E-state index in [4.69, 9.17) is 10.5 Å². The number of ether oxygens (including phenoxy) is 1. The van der Waals surface area contributed by atoms with Gasteiger partial charge >= 0.3 is 18.4 Å². The summed E-state index contributed by atoms with van der Waals surface area (Å²) in [5, 5.41) is 1.87. The molecule has 3 N–H and O–H groups in total. The Morgan fingerprint density at radius 3 is 2.00 bits per heavy atom. The third kappa shape index (κ3) is 6.45. The van der Waals surface area contributed by atoms with Gasteiger partial charge in [-0.1, -0.05) is 30.3 Å². The van der Waals surface area contributed by atoms with Crippen molar-refractivity contribution in [3.05, 3.63) is 65.2 Å². The molecular weight excluding hydrogens is 390 g/mol. The van der Waals surface area contributed by atoms with E-state index in [0.717, 1.165) is 5.56 Å². The van der Waals surface area contributed by atoms with Crippen LogP contribution >= 0.6 is 0 Å². The number of nitrogens with two attached hydrogens (primary N) is 1. The Labute approximate surface area is 156 Å². The molecule has 0 heterocycles. The number of benzene rings is 2. The molecule has 0 radical (unpaired) electrons. The van der Waals surface area contributed by atoms with Crippen molar-refractivity contribution in [3.63, 3.8) is 0 Å². The van der Waals surface area contributed by atoms with Gasteiger partial charge in [-0.3, -0.25) is 5.32 Å². The molecule has 2 rings (SSSR count). The van der Waals surface area contributed by atoms with Gasteiger partial charge in [0.25, 0.3) is 0 Å². The lowest BCUT2D eigenvalue weighted by molar-refractivity contribution is -0.143. The van der Waals surface area contributed by atoms with E-state index >= 15 is 0 Å². The molecule has 0 spiro atoms. The number of carbonyl (C=O) groups excluding carboxylic acids is 1. The number of alkyl halides is 6. The minimum atomic E-state index is -5.01. The molecule has 0 saturated carbocycles. The van der Waals surface area contributed by atoms with E-state index in [1.807, 2.05) is 11.4 Å². The summed E-state index contributed by atoms with van der Waals surface area (Å²) in [6.07, 6.45) is -10.9. The lowest BCUT2D eigenvalue weighted by Crippen LogP contribution is -2.31. The van der Waals surface area contributed by atoms with Crippen molar-refractivity contribution in [2.24, 2.45) is 5.73 Å². The van der Waals surface area contributed by atoms with Crippen LogP contribution in [0.15, 0.2) is 48.5 Å². The van der Waals surface area contributed by atoms with E-state index < -0.39 is 41.3 Å². The summed E-state index contributed by atoms with van der Waals surface area (Å²) in [5.41, 5.74) is 2.91. The average molecular weight is 406 g/mol. The first kappa shape index (κ1) is 21.5. The molecule has 0 fully saturated rings. The number of amides is 1. The monoisotopic (exact) mass is 406 g/mol. The third-order valence-corrected chi connectivity index (χ3v) is 3.60. The molecule has 10 heteroatoms. The van der Waals surface area contributed by atoms with E-state index in [-0.39, 0.29) is 12.7 Å². The van der Waals surface area contributed by atoms with Crippen LogP contribution in [0.25, 0.3) is 0 Å². The van der Waals surface area contributed by atoms with Crippen LogP contribution in [0.2, 0.25) is 0 Å². The molecule has 0 aliphatic heterocycles. The van der Waals surface area contributed by atoms with Crippen molar-refractivity contribution in [3.8, 4) is 0 Å². The van der Waals surface area contributed by atoms with Crippen molar-refractivity contribution in [1.82, 2.24) is 0 Å². The molecule has 4 nitrogen and oxygen atoms in total. The smallest absolute Gasteiger partial charge is 0.416 e. The van der Waals surface area contributed by atoms with Crippen LogP contribution in [0.5, 0.6) is 0 Å². The zero-order chi connectivity index (χ0) is 20.9. The molecule has 1 amide bonds. The van der Waals surface area contributed by atoms with Crippen molar-refractivity contribution < 1.29 is 35.9 Å². The predicted molar refractivity (Wildman–Crippen MR) is 89.5 cm³/mol. The Bertz CT molecular complexity index is 774. The fraction of sp³-hybridized carbons (Fsp3) is 0.278. The average Bonchev–Trinajstić information content (AvgIpc) is 2.59. The van der Waals surface area contributed by atoms with E-state index in [2.05, 4.69) is 0 Å². The van der Waals surface area contributed by atoms with E-state index in [1.165, 1.54) is 0 Å². The number of hydrogen-bond donors (Lipinski definition) is 2. The highest BCUT2D eigenvalue weighted by atomic mass is 19.4. The summed E-state index contributed by atoms with van der Waals surface area (Å²) >= 11 is 0. The second-order valence-electron chi connectivity index (χ2n) is 5.97. The summed E-state index contributed by atoms with van der Waals surface area (Å²) in [7, 11) is 0. The highest BCUT2D eigenvalue weighted by Crippen LogP contribution is 2.37. The molecule has 28 heavy (non-hydrogen) atoms. The van der Waals surface area contributed by atoms with Crippen LogP contribution in [0, 0.1) is 0 Å². The zero-order valence-corrected chi connectivity index (χ0v) is 14.3. The van der Waals surface area contributed by atoms with E-state index in [9.17, 15) is 31.1 Å². The fourth-order valence-electron chi connectivity index (χ4n) is 2.34. The van der Waals surface area contributed by atoms with Crippen molar-refractivity contribution in [2.75, 3.05) is 11.9 Å². The second-order valence-corrected chi connectivity index (χ2v) is 5.97. The molecule has 0 aromatic heterocycles. The molecule has 152 valence electrons. The molecule has 0 saturated heterocycles. The summed E-state index contributed by atoms with van der Waals surface area (Å²) in [4.78, 5) is 11.7. The fourth-order valence-corrected chi connectivity index (χ4v) is 2.34. The normalized spacial score (nSPS) is 13.1. The minimum absolute atomic E-state index is 0.0354. The van der Waals surface area contributed by atoms with Crippen LogP contribution in [-0.4, -0.2) is 18.7 Å². The topological polar surface area (TPSA) is 64.3 Å². The van der Waals surface area contributed by atoms with Crippen molar-refractivity contribution in [1.29, 1.82) is 0 Å². The van der Waals surface area contributed by atoms with E-state index in [0.29, 0.717) is 18.6 Å². The van der Waals surface area contributed by atoms with Gasteiger partial charge in [-0.15, -0.1) is 0 Å². The van der Waals surface area contributed by atoms with Gasteiger partial charge in [0.15, 0.2) is 0 Å². The molecular formula is C18H16F6N2O2. The van der Waals surface area contributed by atoms with Crippen LogP contribution in [-0.2, 0) is 23.5 Å². The molecule has 2 aromatic rings. The predicted octanol–water partition coefficient (Wildman–Crippen LogP) is 4.84. The highest BCUT2D eigenvalue weighted by molar-refractivity contribution is 5.85. The van der Waals surface area contributed by atoms with Gasteiger partial charge in [0.1, 0.15) is 6.61 Å². The minimum Gasteiger partial charge on any atom is -0.448 e. The van der Waals surface area contributed by atoms with E-state index in [1.54, 1.807) is 24.3 Å². The Hall–Kier alpha value is -2.75. The van der Waals surface area contributed by atoms with Crippen LogP contribution in [0.3, 0.4) is 0 Å². The first-order valence-electron chi connectivity index (χ1n) is 7.98. The lowest BCUT2D eigenvalue weighted by atomic mass is 10.1. The maximum Gasteiger partial charge on any atom is 0.416 e. The number of rotatable bonds is 5. The Morgan fingerprint density at radius 2 is 1.50 bits per heavy atom. The summed E-state index contributed by atoms with van der Waals surface area (Å²) < 4.78 is 81.6. The van der Waals surface area contributed by atoms with Crippen molar-refractivity contribution >= 4 is 11.8 Å². The number of hydrogen-bond acceptors (Lipinski definition) is 3. The van der Waals surface area contributed by atoms with Gasteiger partial charge in [0, 0.05) is 11.7 Å². The Balaban J connectivity index is 2.02. The van der Waals surface area contributed by atoms with Gasteiger partial charge in [-0.05, 0) is 30.2 Å². The number of halogens is 6. The van der Waals surface area contributed by atoms with Crippen LogP contribution < -0.4 is 11.1 Å². The number of anilines is 1. The summed E-state index contributed by atoms with van der Waals surface area (Å²) in [5.74, 6) is 0. The first-order chi connectivity index (χ1) is 12.9. The molecule has 0 bridgehead atoms. The molecule has 0 unspecified atom stereocenters. The lowest BCUT2D eigenvalue weighted by Gasteiger charge is -2.16. The first-order valence-corrected chi connectivity index (χ1v) is 7.98. The van der Waals surface area contributed by atoms with Gasteiger partial charge in [0.2, 0.25) is 0 Å². The van der Waals surface area contributed by atoms with Gasteiger partial charge in [-0.25, -0.2) is 4.79 Å². The van der Waals surface area contributed by atoms with Gasteiger partial charge in [0.05, 0.1) is 11.1 Å². The molecule has 0 aliphatic carbocycles. The maximum absolute atomic E-state index is 12.8. The van der Waals surface area contributed by atoms with Crippen molar-refractivity contribution in [2.45, 2.75) is 24.8 Å². The molecule has 0 aliphatic rings. The standard InChI is InChI=1S/C18H16F6N2O2/c19-17(20,21)12-7-13(18(22,23)24)9-15(8-12)26-16(27)28-10-14(25)6-11-4-2-1-3-5-11/h1-5,7-9,14H,6,10,25H2,(H,26,27)/t14-/m1/s1. The highest BCUT2D eigenvalue weighted by Gasteiger charge is 2.37. The molecule has 1 atom stereocenters.